The third-order valence-electron chi connectivity index (χ3n) is 4.00. The van der Waals surface area contributed by atoms with Gasteiger partial charge >= 0.3 is 0 Å². The van der Waals surface area contributed by atoms with Gasteiger partial charge < -0.3 is 19.6 Å². The van der Waals surface area contributed by atoms with Crippen LogP contribution in [-0.4, -0.2) is 36.6 Å². The molecule has 1 N–H and O–H groups in total. The lowest BCUT2D eigenvalue weighted by atomic mass is 10.1. The summed E-state index contributed by atoms with van der Waals surface area (Å²) in [6, 6.07) is 17.3. The van der Waals surface area contributed by atoms with Crippen LogP contribution in [0.15, 0.2) is 60.9 Å². The van der Waals surface area contributed by atoms with Crippen LogP contribution in [0.25, 0.3) is 0 Å². The quantitative estimate of drug-likeness (QED) is 0.579. The van der Waals surface area contributed by atoms with Crippen LogP contribution in [-0.2, 0) is 16.0 Å². The molecule has 0 fully saturated rings. The van der Waals surface area contributed by atoms with Crippen molar-refractivity contribution in [1.29, 1.82) is 0 Å². The summed E-state index contributed by atoms with van der Waals surface area (Å²) in [5, 5.41) is 2.91. The molecule has 0 radical (unpaired) electrons. The van der Waals surface area contributed by atoms with Gasteiger partial charge in [0.25, 0.3) is 5.91 Å². The van der Waals surface area contributed by atoms with Crippen LogP contribution in [0.5, 0.6) is 5.88 Å². The van der Waals surface area contributed by atoms with Gasteiger partial charge in [0, 0.05) is 23.0 Å². The first-order valence-corrected chi connectivity index (χ1v) is 10.4. The molecule has 1 aromatic heterocycles. The standard InChI is InChI=1S/C16H17NO.C6H8N2O.C2H6.2CH2O/c1-3-13-8-10-14(11-9-13)17-16(18)15-7-5-4-6-12(15)2;1-5-3-6(9-2)8-4-7-5;3*1-2/h4-11H,3H2,1-2H3,(H,17,18);3-4H,1-2H3;1-2H3;2*1H2. The zero-order valence-electron chi connectivity index (χ0n) is 20.4. The molecule has 0 saturated heterocycles. The summed E-state index contributed by atoms with van der Waals surface area (Å²) in [6.07, 6.45) is 2.49. The van der Waals surface area contributed by atoms with E-state index in [4.69, 9.17) is 14.3 Å². The van der Waals surface area contributed by atoms with E-state index in [9.17, 15) is 4.79 Å². The first kappa shape index (κ1) is 31.3. The van der Waals surface area contributed by atoms with Crippen molar-refractivity contribution >= 4 is 25.2 Å². The van der Waals surface area contributed by atoms with Crippen molar-refractivity contribution < 1.29 is 19.1 Å². The largest absolute Gasteiger partial charge is 0.481 e. The van der Waals surface area contributed by atoms with Crippen molar-refractivity contribution in [3.05, 3.63) is 83.3 Å². The summed E-state index contributed by atoms with van der Waals surface area (Å²) in [4.78, 5) is 35.8. The van der Waals surface area contributed by atoms with Crippen molar-refractivity contribution in [1.82, 2.24) is 9.97 Å². The Bertz CT molecular complexity index is 913. The second kappa shape index (κ2) is 20.1. The molecule has 7 nitrogen and oxygen atoms in total. The molecule has 2 aromatic carbocycles. The van der Waals surface area contributed by atoms with E-state index in [0.717, 1.165) is 28.9 Å². The van der Waals surface area contributed by atoms with E-state index in [2.05, 4.69) is 22.2 Å². The van der Waals surface area contributed by atoms with Crippen LogP contribution in [0.4, 0.5) is 5.69 Å². The van der Waals surface area contributed by atoms with Crippen molar-refractivity contribution in [3.63, 3.8) is 0 Å². The molecule has 7 heteroatoms. The van der Waals surface area contributed by atoms with E-state index in [-0.39, 0.29) is 5.91 Å². The number of hydrogen-bond donors (Lipinski definition) is 1. The second-order valence-corrected chi connectivity index (χ2v) is 6.02. The number of anilines is 1. The van der Waals surface area contributed by atoms with Gasteiger partial charge in [-0.15, -0.1) is 0 Å². The molecule has 178 valence electrons. The van der Waals surface area contributed by atoms with Crippen LogP contribution < -0.4 is 10.1 Å². The van der Waals surface area contributed by atoms with Gasteiger partial charge in [-0.25, -0.2) is 9.97 Å². The average molecular weight is 454 g/mol. The molecule has 0 atom stereocenters. The smallest absolute Gasteiger partial charge is 0.255 e. The molecule has 0 unspecified atom stereocenters. The average Bonchev–Trinajstić information content (AvgIpc) is 2.88. The minimum atomic E-state index is -0.0580. The molecule has 0 aliphatic rings. The summed E-state index contributed by atoms with van der Waals surface area (Å²) in [5.74, 6) is 0.555. The highest BCUT2D eigenvalue weighted by Crippen LogP contribution is 2.13. The van der Waals surface area contributed by atoms with Crippen LogP contribution >= 0.6 is 0 Å². The summed E-state index contributed by atoms with van der Waals surface area (Å²) in [7, 11) is 1.59. The first-order valence-electron chi connectivity index (χ1n) is 10.4. The summed E-state index contributed by atoms with van der Waals surface area (Å²) in [6.45, 7) is 13.9. The predicted octanol–water partition coefficient (Wildman–Crippen LogP) is 5.26. The number of benzene rings is 2. The van der Waals surface area contributed by atoms with Gasteiger partial charge in [0.1, 0.15) is 19.9 Å². The second-order valence-electron chi connectivity index (χ2n) is 6.02. The fourth-order valence-corrected chi connectivity index (χ4v) is 2.39. The highest BCUT2D eigenvalue weighted by atomic mass is 16.5. The monoisotopic (exact) mass is 453 g/mol. The Morgan fingerprint density at radius 3 is 1.97 bits per heavy atom. The number of nitrogens with zero attached hydrogens (tertiary/aromatic N) is 2. The number of carbonyl (C=O) groups excluding carboxylic acids is 3. The normalized spacial score (nSPS) is 8.42. The molecule has 0 spiro atoms. The van der Waals surface area contributed by atoms with Gasteiger partial charge in [0.2, 0.25) is 5.88 Å². The number of nitrogens with one attached hydrogen (secondary N) is 1. The number of aryl methyl sites for hydroxylation is 3. The number of rotatable bonds is 4. The molecule has 0 bridgehead atoms. The number of amides is 1. The maximum absolute atomic E-state index is 12.1. The summed E-state index contributed by atoms with van der Waals surface area (Å²) in [5.41, 5.74) is 4.73. The van der Waals surface area contributed by atoms with Gasteiger partial charge in [-0.3, -0.25) is 4.79 Å². The number of ether oxygens (including phenoxy) is 1. The number of methoxy groups -OCH3 is 1. The van der Waals surface area contributed by atoms with Gasteiger partial charge in [0.15, 0.2) is 0 Å². The van der Waals surface area contributed by atoms with E-state index >= 15 is 0 Å². The van der Waals surface area contributed by atoms with Crippen LogP contribution in [0, 0.1) is 13.8 Å². The predicted molar refractivity (Wildman–Crippen MR) is 134 cm³/mol. The van der Waals surface area contributed by atoms with Crippen molar-refractivity contribution in [2.24, 2.45) is 0 Å². The lowest BCUT2D eigenvalue weighted by molar-refractivity contribution is -0.0987. The molecular formula is C26H35N3O4. The minimum Gasteiger partial charge on any atom is -0.481 e. The van der Waals surface area contributed by atoms with Gasteiger partial charge in [0.05, 0.1) is 7.11 Å². The molecule has 33 heavy (non-hydrogen) atoms. The number of aromatic nitrogens is 2. The fourth-order valence-electron chi connectivity index (χ4n) is 2.39. The molecule has 3 rings (SSSR count). The molecule has 0 aliphatic heterocycles. The third-order valence-corrected chi connectivity index (χ3v) is 4.00. The Balaban J connectivity index is 0. The zero-order chi connectivity index (χ0) is 25.6. The Hall–Kier alpha value is -3.87. The van der Waals surface area contributed by atoms with E-state index < -0.39 is 0 Å². The summed E-state index contributed by atoms with van der Waals surface area (Å²) < 4.78 is 4.84. The van der Waals surface area contributed by atoms with E-state index in [0.29, 0.717) is 5.88 Å². The van der Waals surface area contributed by atoms with Crippen molar-refractivity contribution in [3.8, 4) is 5.88 Å². The van der Waals surface area contributed by atoms with Gasteiger partial charge in [-0.05, 0) is 49.6 Å². The number of hydrogen-bond acceptors (Lipinski definition) is 6. The van der Waals surface area contributed by atoms with Crippen molar-refractivity contribution in [2.75, 3.05) is 12.4 Å². The molecule has 1 amide bonds. The topological polar surface area (TPSA) is 98.2 Å². The molecule has 0 saturated carbocycles. The Labute approximate surface area is 197 Å². The Morgan fingerprint density at radius 1 is 0.939 bits per heavy atom. The Morgan fingerprint density at radius 2 is 1.52 bits per heavy atom. The SMILES string of the molecule is C=O.C=O.CC.CCc1ccc(NC(=O)c2ccccc2C)cc1.COc1cc(C)ncn1. The zero-order valence-corrected chi connectivity index (χ0v) is 20.4. The van der Waals surface area contributed by atoms with Crippen LogP contribution in [0.2, 0.25) is 0 Å². The lowest BCUT2D eigenvalue weighted by Crippen LogP contribution is -2.13. The summed E-state index contributed by atoms with van der Waals surface area (Å²) >= 11 is 0. The molecule has 3 aromatic rings. The lowest BCUT2D eigenvalue weighted by Gasteiger charge is -2.08. The third kappa shape index (κ3) is 12.5. The fraction of sp³-hybridized carbons (Fsp3) is 0.269. The van der Waals surface area contributed by atoms with E-state index in [1.807, 2.05) is 89.8 Å². The minimum absolute atomic E-state index is 0.0580. The molecular weight excluding hydrogens is 418 g/mol. The maximum atomic E-state index is 12.1. The van der Waals surface area contributed by atoms with Crippen molar-refractivity contribution in [2.45, 2.75) is 41.0 Å². The molecule has 1 heterocycles. The van der Waals surface area contributed by atoms with Gasteiger partial charge in [-0.2, -0.15) is 0 Å². The highest BCUT2D eigenvalue weighted by molar-refractivity contribution is 6.05. The van der Waals surface area contributed by atoms with Crippen LogP contribution in [0.3, 0.4) is 0 Å². The maximum Gasteiger partial charge on any atom is 0.255 e. The Kier molecular flexibility index (Phi) is 19.0. The first-order chi connectivity index (χ1) is 16.0. The highest BCUT2D eigenvalue weighted by Gasteiger charge is 2.07. The van der Waals surface area contributed by atoms with Gasteiger partial charge in [-0.1, -0.05) is 51.1 Å². The van der Waals surface area contributed by atoms with E-state index in [1.54, 1.807) is 13.2 Å². The van der Waals surface area contributed by atoms with Crippen LogP contribution in [0.1, 0.15) is 48.0 Å². The van der Waals surface area contributed by atoms with E-state index in [1.165, 1.54) is 11.9 Å². The number of carbonyl (C=O) groups is 3. The molecule has 0 aliphatic carbocycles.